The van der Waals surface area contributed by atoms with E-state index in [-0.39, 0.29) is 29.8 Å². The second-order valence-corrected chi connectivity index (χ2v) is 7.26. The molecule has 4 rings (SSSR count). The second-order valence-electron chi connectivity index (χ2n) is 7.26. The molecule has 3 heterocycles. The lowest BCUT2D eigenvalue weighted by Crippen LogP contribution is -2.48. The Labute approximate surface area is 185 Å². The lowest BCUT2D eigenvalue weighted by molar-refractivity contribution is 0.214. The van der Waals surface area contributed by atoms with Gasteiger partial charge in [0.25, 0.3) is 5.56 Å². The number of aromatic nitrogens is 4. The molecule has 1 unspecified atom stereocenters. The van der Waals surface area contributed by atoms with Crippen LogP contribution < -0.4 is 15.2 Å². The number of hydrogen-bond acceptors (Lipinski definition) is 7. The molecule has 0 saturated carbocycles. The van der Waals surface area contributed by atoms with Crippen LogP contribution in [0.15, 0.2) is 47.7 Å². The third-order valence-electron chi connectivity index (χ3n) is 5.44. The van der Waals surface area contributed by atoms with Crippen LogP contribution in [0, 0.1) is 5.82 Å². The Morgan fingerprint density at radius 3 is 2.65 bits per heavy atom. The summed E-state index contributed by atoms with van der Waals surface area (Å²) in [5.74, 6) is 0.730. The zero-order valence-corrected chi connectivity index (χ0v) is 18.3. The normalized spacial score (nSPS) is 16.6. The van der Waals surface area contributed by atoms with Gasteiger partial charge in [-0.25, -0.2) is 19.3 Å². The maximum atomic E-state index is 13.7. The smallest absolute Gasteiger partial charge is 0.255 e. The number of piperazine rings is 1. The molecule has 164 valence electrons. The first kappa shape index (κ1) is 22.6. The number of likely N-dealkylation sites (N-methyl/N-ethyl adjacent to an activating group) is 1. The first-order valence-corrected chi connectivity index (χ1v) is 9.61. The van der Waals surface area contributed by atoms with E-state index in [2.05, 4.69) is 19.8 Å². The quantitative estimate of drug-likeness (QED) is 0.608. The zero-order valence-electron chi connectivity index (χ0n) is 17.5. The van der Waals surface area contributed by atoms with Crippen LogP contribution >= 0.6 is 12.4 Å². The van der Waals surface area contributed by atoms with E-state index in [1.807, 2.05) is 7.05 Å². The number of rotatable bonds is 4. The summed E-state index contributed by atoms with van der Waals surface area (Å²) < 4.78 is 20.6. The van der Waals surface area contributed by atoms with Crippen molar-refractivity contribution >= 4 is 18.4 Å². The molecule has 0 aliphatic carbocycles. The topological polar surface area (TPSA) is 76.4 Å². The number of ether oxygens (including phenoxy) is 1. The predicted octanol–water partition coefficient (Wildman–Crippen LogP) is 2.30. The third-order valence-corrected chi connectivity index (χ3v) is 5.44. The number of hydrogen-bond donors (Lipinski definition) is 0. The summed E-state index contributed by atoms with van der Waals surface area (Å²) in [7, 11) is 5.27. The SMILES string of the molecule is COc1cc(F)ccc1C1CN(c2nc(-c3ccncn3)cc(=O)n2C)CCN1C.Cl. The minimum absolute atomic E-state index is 0. The molecule has 2 aromatic heterocycles. The number of benzene rings is 1. The van der Waals surface area contributed by atoms with Gasteiger partial charge in [0.05, 0.1) is 24.5 Å². The molecule has 1 aliphatic rings. The van der Waals surface area contributed by atoms with Gasteiger partial charge in [-0.1, -0.05) is 6.07 Å². The Morgan fingerprint density at radius 1 is 1.13 bits per heavy atom. The van der Waals surface area contributed by atoms with Crippen LogP contribution in [0.1, 0.15) is 11.6 Å². The average Bonchev–Trinajstić information content (AvgIpc) is 2.76. The lowest BCUT2D eigenvalue weighted by atomic mass is 10.0. The summed E-state index contributed by atoms with van der Waals surface area (Å²) in [5, 5.41) is 0. The molecule has 1 saturated heterocycles. The van der Waals surface area contributed by atoms with E-state index in [0.717, 1.165) is 12.1 Å². The number of methoxy groups -OCH3 is 1. The average molecular weight is 447 g/mol. The summed E-state index contributed by atoms with van der Waals surface area (Å²) in [5.41, 5.74) is 1.83. The monoisotopic (exact) mass is 446 g/mol. The van der Waals surface area contributed by atoms with Crippen LogP contribution in [0.2, 0.25) is 0 Å². The lowest BCUT2D eigenvalue weighted by Gasteiger charge is -2.40. The fraction of sp³-hybridized carbons (Fsp3) is 0.333. The molecule has 0 amide bonds. The maximum Gasteiger partial charge on any atom is 0.255 e. The van der Waals surface area contributed by atoms with Crippen LogP contribution in [0.5, 0.6) is 5.75 Å². The van der Waals surface area contributed by atoms with Gasteiger partial charge in [0.2, 0.25) is 5.95 Å². The Kier molecular flexibility index (Phi) is 6.87. The van der Waals surface area contributed by atoms with Gasteiger partial charge in [-0.05, 0) is 19.2 Å². The van der Waals surface area contributed by atoms with E-state index < -0.39 is 0 Å². The summed E-state index contributed by atoms with van der Waals surface area (Å²) in [6, 6.07) is 7.74. The van der Waals surface area contributed by atoms with Gasteiger partial charge in [0.1, 0.15) is 17.9 Å². The van der Waals surface area contributed by atoms with Crippen molar-refractivity contribution in [2.75, 3.05) is 38.7 Å². The molecule has 10 heteroatoms. The standard InChI is InChI=1S/C21H23FN6O2.ClH/c1-26-8-9-28(12-18(26)15-5-4-14(22)10-19(15)30-3)21-25-17(11-20(29)27(21)2)16-6-7-23-13-24-16;/h4-7,10-11,13,18H,8-9,12H2,1-3H3;1H. The molecule has 1 atom stereocenters. The fourth-order valence-corrected chi connectivity index (χ4v) is 3.74. The molecule has 1 aliphatic heterocycles. The van der Waals surface area contributed by atoms with Gasteiger partial charge in [0.15, 0.2) is 0 Å². The molecule has 0 radical (unpaired) electrons. The fourth-order valence-electron chi connectivity index (χ4n) is 3.74. The highest BCUT2D eigenvalue weighted by Crippen LogP contribution is 2.33. The number of anilines is 1. The summed E-state index contributed by atoms with van der Waals surface area (Å²) in [4.78, 5) is 29.7. The van der Waals surface area contributed by atoms with Gasteiger partial charge >= 0.3 is 0 Å². The Bertz CT molecular complexity index is 1110. The van der Waals surface area contributed by atoms with Crippen LogP contribution in [-0.4, -0.2) is 58.2 Å². The molecule has 0 spiro atoms. The largest absolute Gasteiger partial charge is 0.496 e. The van der Waals surface area contributed by atoms with Crippen LogP contribution in [0.4, 0.5) is 10.3 Å². The van der Waals surface area contributed by atoms with Crippen molar-refractivity contribution in [1.82, 2.24) is 24.4 Å². The Balaban J connectivity index is 0.00000272. The molecule has 3 aromatic rings. The van der Waals surface area contributed by atoms with Crippen molar-refractivity contribution in [3.8, 4) is 17.1 Å². The van der Waals surface area contributed by atoms with Crippen molar-refractivity contribution in [3.63, 3.8) is 0 Å². The van der Waals surface area contributed by atoms with Gasteiger partial charge in [-0.2, -0.15) is 0 Å². The Hall–Kier alpha value is -3.04. The molecule has 1 fully saturated rings. The molecule has 1 aromatic carbocycles. The van der Waals surface area contributed by atoms with E-state index in [1.54, 1.807) is 25.4 Å². The summed E-state index contributed by atoms with van der Waals surface area (Å²) in [6.07, 6.45) is 3.05. The third kappa shape index (κ3) is 4.52. The summed E-state index contributed by atoms with van der Waals surface area (Å²) in [6.45, 7) is 2.02. The van der Waals surface area contributed by atoms with E-state index in [0.29, 0.717) is 36.2 Å². The highest BCUT2D eigenvalue weighted by atomic mass is 35.5. The van der Waals surface area contributed by atoms with E-state index in [4.69, 9.17) is 9.72 Å². The first-order valence-electron chi connectivity index (χ1n) is 9.61. The van der Waals surface area contributed by atoms with Gasteiger partial charge in [-0.3, -0.25) is 14.3 Å². The minimum Gasteiger partial charge on any atom is -0.496 e. The van der Waals surface area contributed by atoms with Gasteiger partial charge in [0, 0.05) is 50.6 Å². The zero-order chi connectivity index (χ0) is 21.3. The van der Waals surface area contributed by atoms with E-state index in [1.165, 1.54) is 36.2 Å². The molecule has 0 N–H and O–H groups in total. The highest BCUT2D eigenvalue weighted by molar-refractivity contribution is 5.85. The molecular formula is C21H24ClFN6O2. The molecule has 8 nitrogen and oxygen atoms in total. The van der Waals surface area contributed by atoms with Crippen molar-refractivity contribution in [2.24, 2.45) is 7.05 Å². The first-order chi connectivity index (χ1) is 14.5. The van der Waals surface area contributed by atoms with Crippen LogP contribution in [-0.2, 0) is 7.05 Å². The second kappa shape index (κ2) is 9.40. The van der Waals surface area contributed by atoms with E-state index in [9.17, 15) is 9.18 Å². The highest BCUT2D eigenvalue weighted by Gasteiger charge is 2.30. The van der Waals surface area contributed by atoms with E-state index >= 15 is 0 Å². The van der Waals surface area contributed by atoms with Crippen molar-refractivity contribution in [2.45, 2.75) is 6.04 Å². The van der Waals surface area contributed by atoms with Crippen molar-refractivity contribution < 1.29 is 9.13 Å². The number of nitrogens with zero attached hydrogens (tertiary/aromatic N) is 6. The summed E-state index contributed by atoms with van der Waals surface area (Å²) >= 11 is 0. The minimum atomic E-state index is -0.340. The van der Waals surface area contributed by atoms with Crippen molar-refractivity contribution in [3.05, 3.63) is 64.6 Å². The molecule has 31 heavy (non-hydrogen) atoms. The Morgan fingerprint density at radius 2 is 1.94 bits per heavy atom. The predicted molar refractivity (Wildman–Crippen MR) is 118 cm³/mol. The van der Waals surface area contributed by atoms with Gasteiger partial charge in [-0.15, -0.1) is 12.4 Å². The van der Waals surface area contributed by atoms with Crippen LogP contribution in [0.3, 0.4) is 0 Å². The van der Waals surface area contributed by atoms with Crippen LogP contribution in [0.25, 0.3) is 11.4 Å². The molecular weight excluding hydrogens is 423 g/mol. The van der Waals surface area contributed by atoms with Crippen molar-refractivity contribution in [1.29, 1.82) is 0 Å². The molecule has 0 bridgehead atoms. The maximum absolute atomic E-state index is 13.7. The van der Waals surface area contributed by atoms with Gasteiger partial charge < -0.3 is 9.64 Å². The number of halogens is 2.